The molecule has 4 rings (SSSR count). The molecule has 176 valence electrons. The Labute approximate surface area is 201 Å². The van der Waals surface area contributed by atoms with E-state index in [0.29, 0.717) is 36.9 Å². The maximum Gasteiger partial charge on any atom is 0.254 e. The largest absolute Gasteiger partial charge is 0.493 e. The molecule has 2 aromatic rings. The van der Waals surface area contributed by atoms with Gasteiger partial charge in [0.05, 0.1) is 6.61 Å². The van der Waals surface area contributed by atoms with Crippen molar-refractivity contribution in [3.05, 3.63) is 64.7 Å². The Morgan fingerprint density at radius 3 is 2.48 bits per heavy atom. The molecule has 0 aliphatic carbocycles. The van der Waals surface area contributed by atoms with E-state index in [1.54, 1.807) is 6.07 Å². The summed E-state index contributed by atoms with van der Waals surface area (Å²) in [6, 6.07) is 15.0. The second-order valence-electron chi connectivity index (χ2n) is 9.51. The molecule has 2 heterocycles. The van der Waals surface area contributed by atoms with Crippen LogP contribution < -0.4 is 4.74 Å². The van der Waals surface area contributed by atoms with Crippen molar-refractivity contribution in [1.29, 1.82) is 0 Å². The lowest BCUT2D eigenvalue weighted by Crippen LogP contribution is -2.51. The van der Waals surface area contributed by atoms with Crippen LogP contribution in [0.4, 0.5) is 0 Å². The summed E-state index contributed by atoms with van der Waals surface area (Å²) >= 11 is 6.14. The fraction of sp³-hybridized carbons (Fsp3) is 0.481. The number of likely N-dealkylation sites (tertiary alicyclic amines) is 2. The van der Waals surface area contributed by atoms with Gasteiger partial charge in [0, 0.05) is 48.6 Å². The van der Waals surface area contributed by atoms with Gasteiger partial charge in [0.2, 0.25) is 5.91 Å². The summed E-state index contributed by atoms with van der Waals surface area (Å²) in [4.78, 5) is 30.6. The Balaban J connectivity index is 1.54. The number of carbonyl (C=O) groups excluding carboxylic acids is 2. The molecule has 0 aromatic heterocycles. The molecule has 6 heteroatoms. The number of aryl methyl sites for hydroxylation is 1. The Bertz CT molecular complexity index is 989. The van der Waals surface area contributed by atoms with Gasteiger partial charge in [0.1, 0.15) is 5.75 Å². The highest BCUT2D eigenvalue weighted by Crippen LogP contribution is 2.36. The van der Waals surface area contributed by atoms with Crippen LogP contribution >= 0.6 is 11.6 Å². The van der Waals surface area contributed by atoms with Crippen molar-refractivity contribution >= 4 is 23.4 Å². The summed E-state index contributed by atoms with van der Waals surface area (Å²) in [5.74, 6) is 0.898. The van der Waals surface area contributed by atoms with Crippen LogP contribution in [0.25, 0.3) is 0 Å². The van der Waals surface area contributed by atoms with Crippen LogP contribution in [0.5, 0.6) is 5.75 Å². The number of ether oxygens (including phenoxy) is 1. The molecular weight excluding hydrogens is 436 g/mol. The van der Waals surface area contributed by atoms with Crippen LogP contribution in [0.3, 0.4) is 0 Å². The van der Waals surface area contributed by atoms with E-state index < -0.39 is 5.41 Å². The Morgan fingerprint density at radius 2 is 1.73 bits per heavy atom. The van der Waals surface area contributed by atoms with E-state index in [1.165, 1.54) is 6.42 Å². The fourth-order valence-corrected chi connectivity index (χ4v) is 5.23. The van der Waals surface area contributed by atoms with Crippen LogP contribution in [-0.2, 0) is 4.79 Å². The van der Waals surface area contributed by atoms with E-state index in [9.17, 15) is 9.59 Å². The predicted octanol–water partition coefficient (Wildman–Crippen LogP) is 5.35. The van der Waals surface area contributed by atoms with Crippen LogP contribution in [-0.4, -0.2) is 54.4 Å². The molecule has 0 unspecified atom stereocenters. The standard InChI is InChI=1S/C27H33ClN2O3/c1-21-9-3-4-12-24(21)26(32)30-16-8-13-27(19-30,18-25(31)29-14-5-2-6-15-29)20-33-23-11-7-10-22(28)17-23/h3-4,7,9-12,17H,2,5-6,8,13-16,18-20H2,1H3/t27-/m1/s1. The predicted molar refractivity (Wildman–Crippen MR) is 131 cm³/mol. The molecule has 5 nitrogen and oxygen atoms in total. The molecule has 2 aromatic carbocycles. The molecule has 0 radical (unpaired) electrons. The van der Waals surface area contributed by atoms with Gasteiger partial charge >= 0.3 is 0 Å². The first-order valence-corrected chi connectivity index (χ1v) is 12.3. The molecule has 0 N–H and O–H groups in total. The van der Waals surface area contributed by atoms with Crippen molar-refractivity contribution in [2.24, 2.45) is 5.41 Å². The van der Waals surface area contributed by atoms with Gasteiger partial charge in [0.15, 0.2) is 0 Å². The zero-order valence-electron chi connectivity index (χ0n) is 19.4. The van der Waals surface area contributed by atoms with Gasteiger partial charge in [-0.1, -0.05) is 35.9 Å². The van der Waals surface area contributed by atoms with E-state index in [2.05, 4.69) is 0 Å². The van der Waals surface area contributed by atoms with E-state index in [-0.39, 0.29) is 11.8 Å². The summed E-state index contributed by atoms with van der Waals surface area (Å²) in [5.41, 5.74) is 1.28. The van der Waals surface area contributed by atoms with Gasteiger partial charge < -0.3 is 14.5 Å². The highest BCUT2D eigenvalue weighted by Gasteiger charge is 2.41. The average molecular weight is 469 g/mol. The zero-order valence-corrected chi connectivity index (χ0v) is 20.2. The fourth-order valence-electron chi connectivity index (χ4n) is 5.05. The number of halogens is 1. The Morgan fingerprint density at radius 1 is 0.970 bits per heavy atom. The zero-order chi connectivity index (χ0) is 23.3. The van der Waals surface area contributed by atoms with Gasteiger partial charge in [-0.25, -0.2) is 0 Å². The number of carbonyl (C=O) groups is 2. The van der Waals surface area contributed by atoms with Crippen molar-refractivity contribution in [1.82, 2.24) is 9.80 Å². The number of nitrogens with zero attached hydrogens (tertiary/aromatic N) is 2. The first kappa shape index (κ1) is 23.6. The average Bonchev–Trinajstić information content (AvgIpc) is 2.83. The highest BCUT2D eigenvalue weighted by molar-refractivity contribution is 6.30. The minimum Gasteiger partial charge on any atom is -0.493 e. The molecule has 2 fully saturated rings. The van der Waals surface area contributed by atoms with Gasteiger partial charge in [0.25, 0.3) is 5.91 Å². The SMILES string of the molecule is Cc1ccccc1C(=O)N1CCC[C@@](COc2cccc(Cl)c2)(CC(=O)N2CCCCC2)C1. The lowest BCUT2D eigenvalue weighted by atomic mass is 9.77. The van der Waals surface area contributed by atoms with E-state index in [4.69, 9.17) is 16.3 Å². The summed E-state index contributed by atoms with van der Waals surface area (Å²) in [5, 5.41) is 0.617. The van der Waals surface area contributed by atoms with E-state index in [1.807, 2.05) is 59.2 Å². The molecule has 2 aliphatic heterocycles. The van der Waals surface area contributed by atoms with Crippen molar-refractivity contribution < 1.29 is 14.3 Å². The second-order valence-corrected chi connectivity index (χ2v) is 9.95. The third kappa shape index (κ3) is 5.89. The number of rotatable bonds is 6. The lowest BCUT2D eigenvalue weighted by molar-refractivity contribution is -0.136. The minimum absolute atomic E-state index is 0.0327. The minimum atomic E-state index is -0.423. The first-order chi connectivity index (χ1) is 16.0. The van der Waals surface area contributed by atoms with Gasteiger partial charge in [-0.3, -0.25) is 9.59 Å². The van der Waals surface area contributed by atoms with Crippen LogP contribution in [0.1, 0.15) is 54.4 Å². The van der Waals surface area contributed by atoms with Gasteiger partial charge in [-0.2, -0.15) is 0 Å². The molecule has 2 amide bonds. The summed E-state index contributed by atoms with van der Waals surface area (Å²) in [6.07, 6.45) is 5.41. The first-order valence-electron chi connectivity index (χ1n) is 12.0. The van der Waals surface area contributed by atoms with E-state index >= 15 is 0 Å². The molecule has 2 saturated heterocycles. The number of piperidine rings is 2. The normalized spacial score (nSPS) is 21.0. The molecule has 2 aliphatic rings. The van der Waals surface area contributed by atoms with Crippen molar-refractivity contribution in [2.45, 2.75) is 45.4 Å². The van der Waals surface area contributed by atoms with Crippen molar-refractivity contribution in [2.75, 3.05) is 32.8 Å². The third-order valence-corrected chi connectivity index (χ3v) is 7.14. The Kier molecular flexibility index (Phi) is 7.59. The molecule has 33 heavy (non-hydrogen) atoms. The molecule has 0 saturated carbocycles. The maximum absolute atomic E-state index is 13.4. The molecule has 0 bridgehead atoms. The van der Waals surface area contributed by atoms with Gasteiger partial charge in [-0.05, 0) is 68.9 Å². The Hall–Kier alpha value is -2.53. The molecule has 0 spiro atoms. The second kappa shape index (κ2) is 10.6. The number of amides is 2. The summed E-state index contributed by atoms with van der Waals surface area (Å²) in [6.45, 7) is 5.22. The van der Waals surface area contributed by atoms with Crippen LogP contribution in [0.15, 0.2) is 48.5 Å². The van der Waals surface area contributed by atoms with Crippen molar-refractivity contribution in [3.63, 3.8) is 0 Å². The topological polar surface area (TPSA) is 49.9 Å². The number of hydrogen-bond donors (Lipinski definition) is 0. The summed E-state index contributed by atoms with van der Waals surface area (Å²) in [7, 11) is 0. The number of benzene rings is 2. The maximum atomic E-state index is 13.4. The quantitative estimate of drug-likeness (QED) is 0.574. The summed E-state index contributed by atoms with van der Waals surface area (Å²) < 4.78 is 6.18. The molecule has 1 atom stereocenters. The van der Waals surface area contributed by atoms with Crippen LogP contribution in [0.2, 0.25) is 5.02 Å². The smallest absolute Gasteiger partial charge is 0.254 e. The van der Waals surface area contributed by atoms with E-state index in [0.717, 1.165) is 49.9 Å². The number of hydrogen-bond acceptors (Lipinski definition) is 3. The van der Waals surface area contributed by atoms with Crippen molar-refractivity contribution in [3.8, 4) is 5.75 Å². The van der Waals surface area contributed by atoms with Gasteiger partial charge in [-0.15, -0.1) is 0 Å². The highest BCUT2D eigenvalue weighted by atomic mass is 35.5. The monoisotopic (exact) mass is 468 g/mol. The molecular formula is C27H33ClN2O3. The third-order valence-electron chi connectivity index (χ3n) is 6.90. The van der Waals surface area contributed by atoms with Crippen LogP contribution in [0, 0.1) is 12.3 Å². The lowest BCUT2D eigenvalue weighted by Gasteiger charge is -2.43.